The van der Waals surface area contributed by atoms with Gasteiger partial charge in [0.1, 0.15) is 17.6 Å². The van der Waals surface area contributed by atoms with Crippen molar-refractivity contribution in [3.05, 3.63) is 53.5 Å². The van der Waals surface area contributed by atoms with E-state index in [4.69, 9.17) is 0 Å². The van der Waals surface area contributed by atoms with Crippen LogP contribution in [0.1, 0.15) is 28.5 Å². The highest BCUT2D eigenvalue weighted by molar-refractivity contribution is 5.92. The van der Waals surface area contributed by atoms with Gasteiger partial charge in [0, 0.05) is 38.6 Å². The molecule has 0 unspecified atom stereocenters. The van der Waals surface area contributed by atoms with Crippen LogP contribution in [0.5, 0.6) is 0 Å². The molecule has 3 heterocycles. The minimum Gasteiger partial charge on any atom is -0.352 e. The molecule has 0 atom stereocenters. The first kappa shape index (κ1) is 15.9. The molecule has 0 saturated carbocycles. The zero-order chi connectivity index (χ0) is 16.9. The van der Waals surface area contributed by atoms with Crippen LogP contribution in [0.3, 0.4) is 0 Å². The van der Waals surface area contributed by atoms with E-state index in [2.05, 4.69) is 27.9 Å². The van der Waals surface area contributed by atoms with Gasteiger partial charge in [0.05, 0.1) is 5.56 Å². The van der Waals surface area contributed by atoms with Crippen LogP contribution in [0.15, 0.2) is 36.7 Å². The second-order valence-corrected chi connectivity index (χ2v) is 5.67. The third-order valence-electron chi connectivity index (χ3n) is 4.23. The molecule has 0 spiro atoms. The third kappa shape index (κ3) is 3.20. The van der Waals surface area contributed by atoms with Gasteiger partial charge < -0.3 is 9.80 Å². The lowest BCUT2D eigenvalue weighted by Crippen LogP contribution is -2.49. The van der Waals surface area contributed by atoms with E-state index in [9.17, 15) is 10.1 Å². The Morgan fingerprint density at radius 1 is 1.21 bits per heavy atom. The molecule has 2 aromatic rings. The first-order valence-corrected chi connectivity index (χ1v) is 8.07. The fraction of sp³-hybridized carbons (Fsp3) is 0.333. The Hall–Kier alpha value is -2.94. The Morgan fingerprint density at radius 2 is 2.00 bits per heavy atom. The lowest BCUT2D eigenvalue weighted by molar-refractivity contribution is 0.0740. The number of piperazine rings is 1. The van der Waals surface area contributed by atoms with Crippen LogP contribution in [0.4, 0.5) is 5.82 Å². The van der Waals surface area contributed by atoms with Crippen molar-refractivity contribution < 1.29 is 4.79 Å². The zero-order valence-electron chi connectivity index (χ0n) is 13.6. The molecule has 0 aromatic carbocycles. The molecule has 1 aliphatic rings. The zero-order valence-corrected chi connectivity index (χ0v) is 13.6. The van der Waals surface area contributed by atoms with Crippen molar-refractivity contribution in [2.75, 3.05) is 31.1 Å². The number of nitriles is 1. The molecule has 3 rings (SSSR count). The standard InChI is InChI=1S/C18H19N5O/c1-2-14-5-7-20-16(12-14)18(24)23-10-8-22(9-11-23)17-15(13-19)4-3-6-21-17/h3-7,12H,2,8-11H2,1H3. The number of amides is 1. The van der Waals surface area contributed by atoms with Crippen molar-refractivity contribution in [3.8, 4) is 6.07 Å². The number of rotatable bonds is 3. The van der Waals surface area contributed by atoms with E-state index in [-0.39, 0.29) is 5.91 Å². The fourth-order valence-electron chi connectivity index (χ4n) is 2.83. The molecule has 1 fully saturated rings. The smallest absolute Gasteiger partial charge is 0.272 e. The van der Waals surface area contributed by atoms with E-state index in [0.29, 0.717) is 43.3 Å². The van der Waals surface area contributed by atoms with Gasteiger partial charge in [-0.05, 0) is 36.2 Å². The summed E-state index contributed by atoms with van der Waals surface area (Å²) in [7, 11) is 0. The Morgan fingerprint density at radius 3 is 2.71 bits per heavy atom. The maximum Gasteiger partial charge on any atom is 0.272 e. The number of nitrogens with zero attached hydrogens (tertiary/aromatic N) is 5. The van der Waals surface area contributed by atoms with Crippen molar-refractivity contribution in [2.45, 2.75) is 13.3 Å². The summed E-state index contributed by atoms with van der Waals surface area (Å²) < 4.78 is 0. The highest BCUT2D eigenvalue weighted by atomic mass is 16.2. The Kier molecular flexibility index (Phi) is 4.71. The molecule has 6 nitrogen and oxygen atoms in total. The van der Waals surface area contributed by atoms with E-state index in [1.54, 1.807) is 24.5 Å². The van der Waals surface area contributed by atoms with Gasteiger partial charge in [0.25, 0.3) is 5.91 Å². The summed E-state index contributed by atoms with van der Waals surface area (Å²) in [4.78, 5) is 25.0. The van der Waals surface area contributed by atoms with Gasteiger partial charge in [-0.3, -0.25) is 9.78 Å². The number of aryl methyl sites for hydroxylation is 1. The topological polar surface area (TPSA) is 73.1 Å². The Balaban J connectivity index is 1.68. The molecule has 1 saturated heterocycles. The molecule has 122 valence electrons. The summed E-state index contributed by atoms with van der Waals surface area (Å²) >= 11 is 0. The average molecular weight is 321 g/mol. The molecule has 0 bridgehead atoms. The maximum absolute atomic E-state index is 12.6. The van der Waals surface area contributed by atoms with Crippen LogP contribution >= 0.6 is 0 Å². The SMILES string of the molecule is CCc1ccnc(C(=O)N2CCN(c3ncccc3C#N)CC2)c1. The van der Waals surface area contributed by atoms with E-state index >= 15 is 0 Å². The van der Waals surface area contributed by atoms with Crippen LogP contribution in [0, 0.1) is 11.3 Å². The van der Waals surface area contributed by atoms with Gasteiger partial charge in [0.15, 0.2) is 0 Å². The van der Waals surface area contributed by atoms with E-state index in [0.717, 1.165) is 12.0 Å². The fourth-order valence-corrected chi connectivity index (χ4v) is 2.83. The first-order chi connectivity index (χ1) is 11.7. The quantitative estimate of drug-likeness (QED) is 0.863. The molecule has 24 heavy (non-hydrogen) atoms. The van der Waals surface area contributed by atoms with Gasteiger partial charge in [-0.1, -0.05) is 6.92 Å². The molecule has 0 aliphatic carbocycles. The van der Waals surface area contributed by atoms with Crippen LogP contribution in [0.2, 0.25) is 0 Å². The summed E-state index contributed by atoms with van der Waals surface area (Å²) in [6, 6.07) is 9.48. The predicted octanol–water partition coefficient (Wildman–Crippen LogP) is 1.87. The van der Waals surface area contributed by atoms with E-state index in [1.165, 1.54) is 0 Å². The third-order valence-corrected chi connectivity index (χ3v) is 4.23. The summed E-state index contributed by atoms with van der Waals surface area (Å²) in [5, 5.41) is 9.20. The monoisotopic (exact) mass is 321 g/mol. The van der Waals surface area contributed by atoms with Gasteiger partial charge in [0.2, 0.25) is 0 Å². The second-order valence-electron chi connectivity index (χ2n) is 5.67. The van der Waals surface area contributed by atoms with Crippen molar-refractivity contribution in [2.24, 2.45) is 0 Å². The lowest BCUT2D eigenvalue weighted by atomic mass is 10.1. The molecular formula is C18H19N5O. The molecule has 6 heteroatoms. The second kappa shape index (κ2) is 7.09. The van der Waals surface area contributed by atoms with Gasteiger partial charge in [-0.2, -0.15) is 5.26 Å². The lowest BCUT2D eigenvalue weighted by Gasteiger charge is -2.35. The van der Waals surface area contributed by atoms with Crippen molar-refractivity contribution in [1.29, 1.82) is 5.26 Å². The van der Waals surface area contributed by atoms with E-state index < -0.39 is 0 Å². The molecule has 0 N–H and O–H groups in total. The van der Waals surface area contributed by atoms with Gasteiger partial charge >= 0.3 is 0 Å². The van der Waals surface area contributed by atoms with Gasteiger partial charge in [-0.25, -0.2) is 4.98 Å². The van der Waals surface area contributed by atoms with Crippen LogP contribution < -0.4 is 4.90 Å². The number of anilines is 1. The summed E-state index contributed by atoms with van der Waals surface area (Å²) in [6.07, 6.45) is 4.26. The number of aromatic nitrogens is 2. The van der Waals surface area contributed by atoms with Crippen molar-refractivity contribution in [1.82, 2.24) is 14.9 Å². The van der Waals surface area contributed by atoms with Crippen LogP contribution in [-0.4, -0.2) is 47.0 Å². The molecule has 0 radical (unpaired) electrons. The minimum absolute atomic E-state index is 0.0357. The number of carbonyl (C=O) groups excluding carboxylic acids is 1. The number of hydrogen-bond acceptors (Lipinski definition) is 5. The van der Waals surface area contributed by atoms with E-state index in [1.807, 2.05) is 17.0 Å². The summed E-state index contributed by atoms with van der Waals surface area (Å²) in [5.74, 6) is 0.657. The van der Waals surface area contributed by atoms with Crippen LogP contribution in [0.25, 0.3) is 0 Å². The number of hydrogen-bond donors (Lipinski definition) is 0. The van der Waals surface area contributed by atoms with Gasteiger partial charge in [-0.15, -0.1) is 0 Å². The number of carbonyl (C=O) groups is 1. The Bertz CT molecular complexity index is 775. The normalized spacial score (nSPS) is 14.3. The minimum atomic E-state index is -0.0357. The summed E-state index contributed by atoms with van der Waals surface area (Å²) in [6.45, 7) is 4.56. The highest BCUT2D eigenvalue weighted by Gasteiger charge is 2.24. The van der Waals surface area contributed by atoms with Crippen molar-refractivity contribution in [3.63, 3.8) is 0 Å². The molecule has 1 amide bonds. The van der Waals surface area contributed by atoms with Crippen LogP contribution in [-0.2, 0) is 6.42 Å². The maximum atomic E-state index is 12.6. The molecular weight excluding hydrogens is 302 g/mol. The summed E-state index contributed by atoms with van der Waals surface area (Å²) in [5.41, 5.74) is 2.17. The first-order valence-electron chi connectivity index (χ1n) is 8.07. The van der Waals surface area contributed by atoms with Crippen molar-refractivity contribution >= 4 is 11.7 Å². The largest absolute Gasteiger partial charge is 0.352 e. The number of pyridine rings is 2. The highest BCUT2D eigenvalue weighted by Crippen LogP contribution is 2.18. The average Bonchev–Trinajstić information content (AvgIpc) is 2.67. The Labute approximate surface area is 141 Å². The molecule has 2 aromatic heterocycles. The molecule has 1 aliphatic heterocycles. The predicted molar refractivity (Wildman–Crippen MR) is 90.7 cm³/mol.